The number of carbonyl (C=O) groups is 1. The number of carboxylic acid groups (broad SMARTS) is 1. The van der Waals surface area contributed by atoms with E-state index >= 15 is 0 Å². The first-order valence-electron chi connectivity index (χ1n) is 10.8. The van der Waals surface area contributed by atoms with Crippen LogP contribution in [0.15, 0.2) is 0 Å². The van der Waals surface area contributed by atoms with E-state index in [0.29, 0.717) is 6.42 Å². The number of hydrogen-bond donors (Lipinski definition) is 1. The van der Waals surface area contributed by atoms with Gasteiger partial charge in [-0.3, -0.25) is 4.79 Å². The summed E-state index contributed by atoms with van der Waals surface area (Å²) in [6, 6.07) is 0. The third-order valence-electron chi connectivity index (χ3n) is 3.91. The third kappa shape index (κ3) is 43.0. The molecular weight excluding hydrogens is 296 g/mol. The number of aliphatic carboxylic acids is 1. The molecular formula is C22H48O2. The van der Waals surface area contributed by atoms with Gasteiger partial charge in [0.2, 0.25) is 0 Å². The summed E-state index contributed by atoms with van der Waals surface area (Å²) in [4.78, 5) is 10.1. The molecule has 0 rings (SSSR count). The van der Waals surface area contributed by atoms with Gasteiger partial charge in [0.1, 0.15) is 0 Å². The van der Waals surface area contributed by atoms with Gasteiger partial charge in [0.15, 0.2) is 0 Å². The number of unbranched alkanes of at least 4 members (excludes halogenated alkanes) is 12. The van der Waals surface area contributed by atoms with E-state index in [1.807, 2.05) is 0 Å². The van der Waals surface area contributed by atoms with Crippen LogP contribution in [0.4, 0.5) is 0 Å². The summed E-state index contributed by atoms with van der Waals surface area (Å²) in [5, 5.41) is 8.35. The van der Waals surface area contributed by atoms with Gasteiger partial charge in [-0.25, -0.2) is 0 Å². The molecule has 0 heterocycles. The largest absolute Gasteiger partial charge is 0.481 e. The highest BCUT2D eigenvalue weighted by molar-refractivity contribution is 5.66. The van der Waals surface area contributed by atoms with Gasteiger partial charge >= 0.3 is 5.97 Å². The van der Waals surface area contributed by atoms with Gasteiger partial charge in [-0.05, 0) is 6.42 Å². The maximum atomic E-state index is 10.1. The predicted molar refractivity (Wildman–Crippen MR) is 110 cm³/mol. The summed E-state index contributed by atoms with van der Waals surface area (Å²) in [6.45, 7) is 11.1. The van der Waals surface area contributed by atoms with Gasteiger partial charge in [0, 0.05) is 6.42 Å². The van der Waals surface area contributed by atoms with E-state index in [-0.39, 0.29) is 0 Å². The molecule has 0 aromatic carbocycles. The van der Waals surface area contributed by atoms with E-state index in [2.05, 4.69) is 34.6 Å². The molecule has 0 unspecified atom stereocenters. The van der Waals surface area contributed by atoms with Crippen LogP contribution >= 0.6 is 0 Å². The van der Waals surface area contributed by atoms with Crippen molar-refractivity contribution in [2.24, 2.45) is 0 Å². The first-order valence-corrected chi connectivity index (χ1v) is 10.8. The highest BCUT2D eigenvalue weighted by Crippen LogP contribution is 2.07. The average molecular weight is 345 g/mol. The SMILES string of the molecule is CCCCCC.CCCCCC.CCCCCCCCCC(=O)O. The summed E-state index contributed by atoms with van der Waals surface area (Å²) in [6.07, 6.45) is 19.7. The molecule has 0 bridgehead atoms. The van der Waals surface area contributed by atoms with Crippen LogP contribution in [0.25, 0.3) is 0 Å². The minimum Gasteiger partial charge on any atom is -0.481 e. The fraction of sp³-hybridized carbons (Fsp3) is 0.955. The molecule has 0 aromatic heterocycles. The first-order chi connectivity index (χ1) is 11.6. The van der Waals surface area contributed by atoms with E-state index in [4.69, 9.17) is 5.11 Å². The molecule has 1 N–H and O–H groups in total. The van der Waals surface area contributed by atoms with Gasteiger partial charge in [0.05, 0.1) is 0 Å². The quantitative estimate of drug-likeness (QED) is 0.321. The second-order valence-electron chi connectivity index (χ2n) is 6.68. The van der Waals surface area contributed by atoms with Crippen LogP contribution in [0, 0.1) is 0 Å². The van der Waals surface area contributed by atoms with Crippen molar-refractivity contribution in [3.05, 3.63) is 0 Å². The van der Waals surface area contributed by atoms with Crippen molar-refractivity contribution < 1.29 is 9.90 Å². The van der Waals surface area contributed by atoms with E-state index in [0.717, 1.165) is 12.8 Å². The minimum absolute atomic E-state index is 0.341. The molecule has 0 aliphatic carbocycles. The molecule has 24 heavy (non-hydrogen) atoms. The Morgan fingerprint density at radius 1 is 0.500 bits per heavy atom. The normalized spacial score (nSPS) is 9.54. The lowest BCUT2D eigenvalue weighted by Gasteiger charge is -1.98. The van der Waals surface area contributed by atoms with Gasteiger partial charge in [0.25, 0.3) is 0 Å². The molecule has 2 nitrogen and oxygen atoms in total. The zero-order valence-corrected chi connectivity index (χ0v) is 17.7. The van der Waals surface area contributed by atoms with Crippen molar-refractivity contribution in [2.75, 3.05) is 0 Å². The maximum Gasteiger partial charge on any atom is 0.303 e. The summed E-state index contributed by atoms with van der Waals surface area (Å²) in [5.41, 5.74) is 0. The van der Waals surface area contributed by atoms with Crippen molar-refractivity contribution in [2.45, 2.75) is 137 Å². The van der Waals surface area contributed by atoms with E-state index in [1.54, 1.807) is 0 Å². The lowest BCUT2D eigenvalue weighted by molar-refractivity contribution is -0.137. The molecule has 0 aliphatic heterocycles. The Hall–Kier alpha value is -0.530. The van der Waals surface area contributed by atoms with Crippen molar-refractivity contribution in [1.29, 1.82) is 0 Å². The zero-order valence-electron chi connectivity index (χ0n) is 17.7. The highest BCUT2D eigenvalue weighted by Gasteiger charge is 1.95. The standard InChI is InChI=1S/C10H20O2.2C6H14/c1-2-3-4-5-6-7-8-9-10(11)12;2*1-3-5-6-4-2/h2-9H2,1H3,(H,11,12);2*3-6H2,1-2H3. The van der Waals surface area contributed by atoms with Crippen LogP contribution < -0.4 is 0 Å². The molecule has 0 atom stereocenters. The molecule has 0 spiro atoms. The van der Waals surface area contributed by atoms with Crippen LogP contribution in [0.5, 0.6) is 0 Å². The Bertz CT molecular complexity index is 186. The van der Waals surface area contributed by atoms with Crippen LogP contribution in [0.3, 0.4) is 0 Å². The Morgan fingerprint density at radius 2 is 0.750 bits per heavy atom. The van der Waals surface area contributed by atoms with E-state index in [1.165, 1.54) is 83.5 Å². The van der Waals surface area contributed by atoms with Crippen molar-refractivity contribution in [3.8, 4) is 0 Å². The van der Waals surface area contributed by atoms with Crippen LogP contribution in [0.1, 0.15) is 137 Å². The van der Waals surface area contributed by atoms with Gasteiger partial charge in [-0.2, -0.15) is 0 Å². The maximum absolute atomic E-state index is 10.1. The van der Waals surface area contributed by atoms with Gasteiger partial charge in [-0.1, -0.05) is 125 Å². The molecule has 0 radical (unpaired) electrons. The highest BCUT2D eigenvalue weighted by atomic mass is 16.4. The third-order valence-corrected chi connectivity index (χ3v) is 3.91. The van der Waals surface area contributed by atoms with Crippen LogP contribution in [-0.4, -0.2) is 11.1 Å². The second-order valence-corrected chi connectivity index (χ2v) is 6.68. The number of carboxylic acids is 1. The van der Waals surface area contributed by atoms with E-state index < -0.39 is 5.97 Å². The summed E-state index contributed by atoms with van der Waals surface area (Å²) < 4.78 is 0. The summed E-state index contributed by atoms with van der Waals surface area (Å²) >= 11 is 0. The number of hydrogen-bond acceptors (Lipinski definition) is 1. The van der Waals surface area contributed by atoms with Crippen LogP contribution in [0.2, 0.25) is 0 Å². The van der Waals surface area contributed by atoms with Gasteiger partial charge < -0.3 is 5.11 Å². The van der Waals surface area contributed by atoms with Gasteiger partial charge in [-0.15, -0.1) is 0 Å². The minimum atomic E-state index is -0.663. The molecule has 0 saturated heterocycles. The predicted octanol–water partition coefficient (Wildman–Crippen LogP) is 8.38. The second kappa shape index (κ2) is 30.4. The Balaban J connectivity index is -0.000000309. The van der Waals surface area contributed by atoms with Crippen molar-refractivity contribution >= 4 is 5.97 Å². The fourth-order valence-electron chi connectivity index (χ4n) is 2.23. The first kappa shape index (κ1) is 28.3. The van der Waals surface area contributed by atoms with E-state index in [9.17, 15) is 4.79 Å². The molecule has 0 saturated carbocycles. The number of rotatable bonds is 14. The lowest BCUT2D eigenvalue weighted by Crippen LogP contribution is -1.93. The molecule has 0 fully saturated rings. The summed E-state index contributed by atoms with van der Waals surface area (Å²) in [5.74, 6) is -0.663. The fourth-order valence-corrected chi connectivity index (χ4v) is 2.23. The smallest absolute Gasteiger partial charge is 0.303 e. The zero-order chi connectivity index (χ0) is 18.9. The Labute approximate surface area is 153 Å². The summed E-state index contributed by atoms with van der Waals surface area (Å²) in [7, 11) is 0. The average Bonchev–Trinajstić information content (AvgIpc) is 2.58. The lowest BCUT2D eigenvalue weighted by atomic mass is 10.1. The van der Waals surface area contributed by atoms with Crippen molar-refractivity contribution in [1.82, 2.24) is 0 Å². The molecule has 0 aromatic rings. The molecule has 0 amide bonds. The van der Waals surface area contributed by atoms with Crippen LogP contribution in [-0.2, 0) is 4.79 Å². The molecule has 148 valence electrons. The molecule has 0 aliphatic rings. The molecule has 2 heteroatoms. The monoisotopic (exact) mass is 344 g/mol. The Morgan fingerprint density at radius 3 is 1.04 bits per heavy atom. The topological polar surface area (TPSA) is 37.3 Å². The van der Waals surface area contributed by atoms with Crippen molar-refractivity contribution in [3.63, 3.8) is 0 Å². The Kier molecular flexibility index (Phi) is 35.8.